The Morgan fingerprint density at radius 2 is 2.04 bits per heavy atom. The summed E-state index contributed by atoms with van der Waals surface area (Å²) < 4.78 is 0. The highest BCUT2D eigenvalue weighted by Crippen LogP contribution is 2.13. The molecule has 0 saturated heterocycles. The molecule has 1 amide bonds. The molecular weight excluding hydrogens is 344 g/mol. The van der Waals surface area contributed by atoms with Gasteiger partial charge in [0.05, 0.1) is 16.5 Å². The number of nitro groups is 1. The van der Waals surface area contributed by atoms with Crippen molar-refractivity contribution in [3.63, 3.8) is 0 Å². The van der Waals surface area contributed by atoms with Crippen LogP contribution in [0.1, 0.15) is 19.3 Å². The van der Waals surface area contributed by atoms with Crippen molar-refractivity contribution in [1.29, 1.82) is 0 Å². The van der Waals surface area contributed by atoms with Gasteiger partial charge in [0, 0.05) is 12.5 Å². The number of aliphatic hydroxyl groups excluding tert-OH is 2. The van der Waals surface area contributed by atoms with E-state index < -0.39 is 35.0 Å². The number of hydrogen-bond acceptors (Lipinski definition) is 6. The van der Waals surface area contributed by atoms with Gasteiger partial charge in [0.15, 0.2) is 5.76 Å². The molecule has 0 unspecified atom stereocenters. The Morgan fingerprint density at radius 1 is 1.35 bits per heavy atom. The number of amides is 1. The van der Waals surface area contributed by atoms with Gasteiger partial charge in [0.2, 0.25) is 5.91 Å². The van der Waals surface area contributed by atoms with Gasteiger partial charge in [0.25, 0.3) is 0 Å². The zero-order valence-electron chi connectivity index (χ0n) is 13.9. The maximum Gasteiger partial charge on any atom is 0.335 e. The molecule has 0 aromatic heterocycles. The molecule has 0 heterocycles. The lowest BCUT2D eigenvalue weighted by Crippen LogP contribution is -2.34. The SMILES string of the molecule is C=C(/C=C\C(=C(\O)CO)[N+](=O)[O-])CCC(=O)N[C@@H]1C=C(C(=O)O)C=CC1. The smallest absolute Gasteiger partial charge is 0.335 e. The second-order valence-electron chi connectivity index (χ2n) is 5.48. The van der Waals surface area contributed by atoms with Crippen molar-refractivity contribution >= 4 is 11.9 Å². The van der Waals surface area contributed by atoms with Crippen molar-refractivity contribution < 1.29 is 29.8 Å². The zero-order valence-corrected chi connectivity index (χ0v) is 13.9. The molecule has 0 saturated carbocycles. The van der Waals surface area contributed by atoms with Crippen molar-refractivity contribution in [3.8, 4) is 0 Å². The fraction of sp³-hybridized carbons (Fsp3) is 0.294. The largest absolute Gasteiger partial charge is 0.504 e. The number of nitrogens with one attached hydrogen (secondary N) is 1. The van der Waals surface area contributed by atoms with Crippen LogP contribution in [0.4, 0.5) is 0 Å². The Kier molecular flexibility index (Phi) is 7.97. The van der Waals surface area contributed by atoms with E-state index in [4.69, 9.17) is 10.2 Å². The van der Waals surface area contributed by atoms with E-state index in [0.717, 1.165) is 6.08 Å². The summed E-state index contributed by atoms with van der Waals surface area (Å²) in [5, 5.41) is 40.4. The highest BCUT2D eigenvalue weighted by atomic mass is 16.6. The first-order valence-electron chi connectivity index (χ1n) is 7.68. The number of rotatable bonds is 9. The summed E-state index contributed by atoms with van der Waals surface area (Å²) in [6.45, 7) is 2.80. The Hall–Kier alpha value is -3.20. The summed E-state index contributed by atoms with van der Waals surface area (Å²) in [6.07, 6.45) is 7.63. The molecule has 9 nitrogen and oxygen atoms in total. The maximum absolute atomic E-state index is 11.9. The summed E-state index contributed by atoms with van der Waals surface area (Å²) in [4.78, 5) is 32.7. The highest BCUT2D eigenvalue weighted by molar-refractivity contribution is 5.90. The second kappa shape index (κ2) is 9.94. The van der Waals surface area contributed by atoms with Crippen LogP contribution in [-0.4, -0.2) is 44.8 Å². The normalized spacial score (nSPS) is 17.4. The molecule has 0 spiro atoms. The van der Waals surface area contributed by atoms with Crippen LogP contribution in [0.3, 0.4) is 0 Å². The van der Waals surface area contributed by atoms with Crippen molar-refractivity contribution in [2.24, 2.45) is 0 Å². The number of hydrogen-bond donors (Lipinski definition) is 4. The minimum atomic E-state index is -1.07. The van der Waals surface area contributed by atoms with E-state index in [-0.39, 0.29) is 24.3 Å². The standard InChI is InChI=1S/C17H20N2O7/c1-11(5-7-14(19(25)26)15(21)10-20)6-8-16(22)18-13-4-2-3-12(9-13)17(23)24/h2-3,5,7,9,13,20-21H,1,4,6,8,10H2,(H,18,22)(H,23,24)/b7-5-,15-14-/t13-/m0/s1. The third-order valence-electron chi connectivity index (χ3n) is 3.45. The number of carbonyl (C=O) groups is 2. The minimum Gasteiger partial charge on any atom is -0.504 e. The Bertz CT molecular complexity index is 717. The van der Waals surface area contributed by atoms with E-state index in [1.807, 2.05) is 0 Å². The molecule has 0 bridgehead atoms. The van der Waals surface area contributed by atoms with Crippen molar-refractivity contribution in [3.05, 3.63) is 69.7 Å². The number of aliphatic carboxylic acids is 1. The Morgan fingerprint density at radius 3 is 2.62 bits per heavy atom. The number of allylic oxidation sites excluding steroid dienone is 3. The molecule has 1 atom stereocenters. The van der Waals surface area contributed by atoms with Crippen LogP contribution in [0.25, 0.3) is 0 Å². The van der Waals surface area contributed by atoms with Gasteiger partial charge in [-0.2, -0.15) is 0 Å². The molecular formula is C17H20N2O7. The van der Waals surface area contributed by atoms with Crippen molar-refractivity contribution in [1.82, 2.24) is 5.32 Å². The van der Waals surface area contributed by atoms with Gasteiger partial charge in [-0.15, -0.1) is 0 Å². The van der Waals surface area contributed by atoms with Gasteiger partial charge in [-0.3, -0.25) is 14.9 Å². The lowest BCUT2D eigenvalue weighted by atomic mass is 10.0. The minimum absolute atomic E-state index is 0.0587. The molecule has 0 aromatic carbocycles. The third kappa shape index (κ3) is 6.73. The number of nitrogens with zero attached hydrogens (tertiary/aromatic N) is 1. The van der Waals surface area contributed by atoms with Gasteiger partial charge in [-0.25, -0.2) is 4.79 Å². The molecule has 0 aliphatic heterocycles. The average Bonchev–Trinajstić information content (AvgIpc) is 2.59. The number of carboxylic acid groups (broad SMARTS) is 1. The van der Waals surface area contributed by atoms with E-state index >= 15 is 0 Å². The molecule has 4 N–H and O–H groups in total. The maximum atomic E-state index is 11.9. The number of aliphatic hydroxyl groups is 2. The van der Waals surface area contributed by atoms with E-state index in [1.165, 1.54) is 18.2 Å². The van der Waals surface area contributed by atoms with Crippen LogP contribution in [0, 0.1) is 10.1 Å². The summed E-state index contributed by atoms with van der Waals surface area (Å²) in [5.74, 6) is -2.16. The molecule has 1 aliphatic carbocycles. The van der Waals surface area contributed by atoms with Crippen LogP contribution >= 0.6 is 0 Å². The first-order chi connectivity index (χ1) is 12.2. The first kappa shape index (κ1) is 20.8. The molecule has 0 radical (unpaired) electrons. The predicted molar refractivity (Wildman–Crippen MR) is 92.7 cm³/mol. The van der Waals surface area contributed by atoms with Crippen LogP contribution in [0.5, 0.6) is 0 Å². The summed E-state index contributed by atoms with van der Waals surface area (Å²) in [5.41, 5.74) is -0.134. The molecule has 0 aromatic rings. The van der Waals surface area contributed by atoms with Gasteiger partial charge >= 0.3 is 11.7 Å². The van der Waals surface area contributed by atoms with Crippen LogP contribution in [0.15, 0.2) is 59.6 Å². The first-order valence-corrected chi connectivity index (χ1v) is 7.68. The zero-order chi connectivity index (χ0) is 19.7. The fourth-order valence-electron chi connectivity index (χ4n) is 2.10. The van der Waals surface area contributed by atoms with E-state index in [9.17, 15) is 24.8 Å². The van der Waals surface area contributed by atoms with Crippen LogP contribution in [-0.2, 0) is 9.59 Å². The topological polar surface area (TPSA) is 150 Å². The van der Waals surface area contributed by atoms with E-state index in [2.05, 4.69) is 11.9 Å². The number of carboxylic acids is 1. The average molecular weight is 364 g/mol. The molecule has 0 fully saturated rings. The van der Waals surface area contributed by atoms with Gasteiger partial charge < -0.3 is 20.6 Å². The summed E-state index contributed by atoms with van der Waals surface area (Å²) in [6, 6.07) is -0.409. The Balaban J connectivity index is 2.53. The van der Waals surface area contributed by atoms with Gasteiger partial charge in [-0.1, -0.05) is 30.4 Å². The highest BCUT2D eigenvalue weighted by Gasteiger charge is 2.16. The van der Waals surface area contributed by atoms with Crippen LogP contribution < -0.4 is 5.32 Å². The monoisotopic (exact) mass is 364 g/mol. The van der Waals surface area contributed by atoms with E-state index in [1.54, 1.807) is 6.08 Å². The van der Waals surface area contributed by atoms with Crippen molar-refractivity contribution in [2.45, 2.75) is 25.3 Å². The molecule has 1 rings (SSSR count). The summed E-state index contributed by atoms with van der Waals surface area (Å²) in [7, 11) is 0. The fourth-order valence-corrected chi connectivity index (χ4v) is 2.10. The molecule has 140 valence electrons. The molecule has 1 aliphatic rings. The quantitative estimate of drug-likeness (QED) is 0.209. The number of carbonyl (C=O) groups excluding carboxylic acids is 1. The van der Waals surface area contributed by atoms with E-state index in [0.29, 0.717) is 12.0 Å². The lowest BCUT2D eigenvalue weighted by molar-refractivity contribution is -0.422. The predicted octanol–water partition coefficient (Wildman–Crippen LogP) is 1.37. The van der Waals surface area contributed by atoms with Crippen LogP contribution in [0.2, 0.25) is 0 Å². The second-order valence-corrected chi connectivity index (χ2v) is 5.48. The Labute approximate surface area is 149 Å². The van der Waals surface area contributed by atoms with Gasteiger partial charge in [-0.05, 0) is 18.9 Å². The lowest BCUT2D eigenvalue weighted by Gasteiger charge is -2.17. The van der Waals surface area contributed by atoms with Crippen molar-refractivity contribution in [2.75, 3.05) is 6.61 Å². The molecule has 9 heteroatoms. The third-order valence-corrected chi connectivity index (χ3v) is 3.45. The van der Waals surface area contributed by atoms with Gasteiger partial charge in [0.1, 0.15) is 6.61 Å². The molecule has 26 heavy (non-hydrogen) atoms. The summed E-state index contributed by atoms with van der Waals surface area (Å²) >= 11 is 0.